The van der Waals surface area contributed by atoms with E-state index in [4.69, 9.17) is 11.5 Å². The van der Waals surface area contributed by atoms with Crippen molar-refractivity contribution < 1.29 is 4.79 Å². The minimum absolute atomic E-state index is 0.0622. The molecule has 4 N–H and O–H groups in total. The molecule has 0 aromatic carbocycles. The lowest BCUT2D eigenvalue weighted by Gasteiger charge is -2.34. The van der Waals surface area contributed by atoms with E-state index in [1.165, 1.54) is 0 Å². The van der Waals surface area contributed by atoms with Gasteiger partial charge >= 0.3 is 0 Å². The Labute approximate surface area is 72.5 Å². The van der Waals surface area contributed by atoms with Gasteiger partial charge in [-0.25, -0.2) is 0 Å². The van der Waals surface area contributed by atoms with Crippen LogP contribution >= 0.6 is 0 Å². The van der Waals surface area contributed by atoms with Gasteiger partial charge in [-0.3, -0.25) is 4.79 Å². The minimum atomic E-state index is -0.229. The Bertz CT molecular complexity index is 229. The molecular weight excluding hydrogens is 152 g/mol. The molecule has 3 nitrogen and oxygen atoms in total. The summed E-state index contributed by atoms with van der Waals surface area (Å²) in [5.74, 6) is -0.130. The maximum absolute atomic E-state index is 11.2. The third-order valence-electron chi connectivity index (χ3n) is 3.64. The molecule has 0 spiro atoms. The van der Waals surface area contributed by atoms with Crippen molar-refractivity contribution in [3.63, 3.8) is 0 Å². The third kappa shape index (κ3) is 0.959. The molecular formula is C9H16N2O. The number of primary amides is 1. The summed E-state index contributed by atoms with van der Waals surface area (Å²) in [4.78, 5) is 11.2. The number of rotatable bonds is 1. The molecule has 0 aliphatic heterocycles. The van der Waals surface area contributed by atoms with Gasteiger partial charge in [0.1, 0.15) is 0 Å². The van der Waals surface area contributed by atoms with Crippen LogP contribution in [0.1, 0.15) is 38.5 Å². The molecule has 2 rings (SSSR count). The fourth-order valence-corrected chi connectivity index (χ4v) is 2.88. The highest BCUT2D eigenvalue weighted by molar-refractivity contribution is 5.81. The first-order valence-electron chi connectivity index (χ1n) is 4.65. The lowest BCUT2D eigenvalue weighted by molar-refractivity contribution is -0.128. The Morgan fingerprint density at radius 1 is 1.17 bits per heavy atom. The molecule has 0 heterocycles. The maximum atomic E-state index is 11.2. The summed E-state index contributed by atoms with van der Waals surface area (Å²) in [6.07, 6.45) is 5.83. The number of hydrogen-bond acceptors (Lipinski definition) is 2. The zero-order valence-electron chi connectivity index (χ0n) is 7.31. The van der Waals surface area contributed by atoms with Gasteiger partial charge in [0.2, 0.25) is 5.91 Å². The van der Waals surface area contributed by atoms with Crippen molar-refractivity contribution in [1.29, 1.82) is 0 Å². The molecule has 2 fully saturated rings. The van der Waals surface area contributed by atoms with Crippen LogP contribution in [0.2, 0.25) is 0 Å². The Hall–Kier alpha value is -0.570. The lowest BCUT2D eigenvalue weighted by atomic mass is 9.73. The van der Waals surface area contributed by atoms with Crippen LogP contribution in [0.5, 0.6) is 0 Å². The second kappa shape index (κ2) is 2.22. The quantitative estimate of drug-likeness (QED) is 0.599. The average molecular weight is 168 g/mol. The van der Waals surface area contributed by atoms with Crippen LogP contribution in [0.4, 0.5) is 0 Å². The van der Waals surface area contributed by atoms with Crippen molar-refractivity contribution >= 4 is 5.91 Å². The summed E-state index contributed by atoms with van der Waals surface area (Å²) in [6, 6.07) is 0. The summed E-state index contributed by atoms with van der Waals surface area (Å²) in [7, 11) is 0. The number of nitrogens with two attached hydrogens (primary N) is 2. The SMILES string of the molecule is NC(=O)C12CCCC(N)(CC1)C2. The molecule has 0 saturated heterocycles. The van der Waals surface area contributed by atoms with Gasteiger partial charge in [0.25, 0.3) is 0 Å². The van der Waals surface area contributed by atoms with Crippen molar-refractivity contribution in [1.82, 2.24) is 0 Å². The van der Waals surface area contributed by atoms with E-state index in [-0.39, 0.29) is 16.9 Å². The molecule has 1 amide bonds. The number of carbonyl (C=O) groups is 1. The second-order valence-electron chi connectivity index (χ2n) is 4.54. The van der Waals surface area contributed by atoms with E-state index in [9.17, 15) is 4.79 Å². The van der Waals surface area contributed by atoms with Crippen molar-refractivity contribution in [2.24, 2.45) is 16.9 Å². The molecule has 2 saturated carbocycles. The first kappa shape index (κ1) is 8.05. The van der Waals surface area contributed by atoms with Gasteiger partial charge in [0.15, 0.2) is 0 Å². The van der Waals surface area contributed by atoms with Crippen LogP contribution in [-0.2, 0) is 4.79 Å². The van der Waals surface area contributed by atoms with Crippen LogP contribution in [0.15, 0.2) is 0 Å². The van der Waals surface area contributed by atoms with Crippen molar-refractivity contribution in [2.75, 3.05) is 0 Å². The van der Waals surface area contributed by atoms with E-state index in [1.54, 1.807) is 0 Å². The van der Waals surface area contributed by atoms with E-state index >= 15 is 0 Å². The maximum Gasteiger partial charge on any atom is 0.223 e. The van der Waals surface area contributed by atoms with Crippen LogP contribution in [0, 0.1) is 5.41 Å². The zero-order valence-corrected chi connectivity index (χ0v) is 7.31. The van der Waals surface area contributed by atoms with Crippen molar-refractivity contribution in [3.8, 4) is 0 Å². The smallest absolute Gasteiger partial charge is 0.223 e. The molecule has 0 aromatic heterocycles. The predicted octanol–water partition coefficient (Wildman–Crippen LogP) is 0.523. The number of amides is 1. The Kier molecular flexibility index (Phi) is 1.49. The fourth-order valence-electron chi connectivity index (χ4n) is 2.88. The van der Waals surface area contributed by atoms with E-state index in [0.717, 1.165) is 38.5 Å². The topological polar surface area (TPSA) is 69.1 Å². The standard InChI is InChI=1S/C9H16N2O/c10-7(12)8-2-1-3-9(11,6-8)5-4-8/h1-6,11H2,(H2,10,12). The van der Waals surface area contributed by atoms with Crippen LogP contribution < -0.4 is 11.5 Å². The highest BCUT2D eigenvalue weighted by atomic mass is 16.1. The summed E-state index contributed by atoms with van der Waals surface area (Å²) in [5, 5.41) is 0. The normalized spacial score (nSPS) is 46.1. The Morgan fingerprint density at radius 2 is 1.92 bits per heavy atom. The van der Waals surface area contributed by atoms with Crippen LogP contribution in [-0.4, -0.2) is 11.4 Å². The molecule has 2 atom stereocenters. The fraction of sp³-hybridized carbons (Fsp3) is 0.889. The first-order valence-corrected chi connectivity index (χ1v) is 4.65. The molecule has 12 heavy (non-hydrogen) atoms. The van der Waals surface area contributed by atoms with Gasteiger partial charge in [0, 0.05) is 5.54 Å². The van der Waals surface area contributed by atoms with E-state index < -0.39 is 0 Å². The van der Waals surface area contributed by atoms with Crippen molar-refractivity contribution in [2.45, 2.75) is 44.1 Å². The van der Waals surface area contributed by atoms with Crippen molar-refractivity contribution in [3.05, 3.63) is 0 Å². The molecule has 0 aromatic rings. The van der Waals surface area contributed by atoms with Gasteiger partial charge < -0.3 is 11.5 Å². The number of carbonyl (C=O) groups excluding carboxylic acids is 1. The largest absolute Gasteiger partial charge is 0.369 e. The van der Waals surface area contributed by atoms with Gasteiger partial charge in [-0.1, -0.05) is 6.42 Å². The minimum Gasteiger partial charge on any atom is -0.369 e. The Morgan fingerprint density at radius 3 is 2.50 bits per heavy atom. The average Bonchev–Trinajstić information content (AvgIpc) is 2.24. The van der Waals surface area contributed by atoms with Gasteiger partial charge in [-0.15, -0.1) is 0 Å². The molecule has 0 radical (unpaired) electrons. The summed E-state index contributed by atoms with van der Waals surface area (Å²) in [5.41, 5.74) is 11.2. The molecule has 68 valence electrons. The van der Waals surface area contributed by atoms with Crippen LogP contribution in [0.25, 0.3) is 0 Å². The molecule has 2 unspecified atom stereocenters. The van der Waals surface area contributed by atoms with Gasteiger partial charge in [-0.2, -0.15) is 0 Å². The van der Waals surface area contributed by atoms with Crippen LogP contribution in [0.3, 0.4) is 0 Å². The monoisotopic (exact) mass is 168 g/mol. The Balaban J connectivity index is 2.25. The van der Waals surface area contributed by atoms with E-state index in [1.807, 2.05) is 0 Å². The second-order valence-corrected chi connectivity index (χ2v) is 4.54. The highest BCUT2D eigenvalue weighted by Gasteiger charge is 2.52. The third-order valence-corrected chi connectivity index (χ3v) is 3.64. The zero-order chi connectivity index (χ0) is 8.82. The number of hydrogen-bond donors (Lipinski definition) is 2. The summed E-state index contributed by atoms with van der Waals surface area (Å²) in [6.45, 7) is 0. The summed E-state index contributed by atoms with van der Waals surface area (Å²) < 4.78 is 0. The summed E-state index contributed by atoms with van der Waals surface area (Å²) >= 11 is 0. The first-order chi connectivity index (χ1) is 5.56. The molecule has 3 heteroatoms. The van der Waals surface area contributed by atoms with E-state index in [0.29, 0.717) is 0 Å². The number of fused-ring (bicyclic) bond motifs is 2. The van der Waals surface area contributed by atoms with E-state index in [2.05, 4.69) is 0 Å². The lowest BCUT2D eigenvalue weighted by Crippen LogP contribution is -2.45. The molecule has 2 aliphatic carbocycles. The predicted molar refractivity (Wildman–Crippen MR) is 46.2 cm³/mol. The highest BCUT2D eigenvalue weighted by Crippen LogP contribution is 2.52. The molecule has 2 aliphatic rings. The van der Waals surface area contributed by atoms with Gasteiger partial charge in [0.05, 0.1) is 5.41 Å². The van der Waals surface area contributed by atoms with Gasteiger partial charge in [-0.05, 0) is 32.1 Å². The molecule has 2 bridgehead atoms.